The minimum atomic E-state index is -4.73. The monoisotopic (exact) mass is 469 g/mol. The van der Waals surface area contributed by atoms with E-state index in [9.17, 15) is 22.8 Å². The number of halogens is 3. The molecule has 0 aliphatic rings. The van der Waals surface area contributed by atoms with Gasteiger partial charge in [-0.05, 0) is 19.4 Å². The van der Waals surface area contributed by atoms with E-state index in [1.165, 1.54) is 32.4 Å². The lowest BCUT2D eigenvalue weighted by molar-refractivity contribution is -0.179. The summed E-state index contributed by atoms with van der Waals surface area (Å²) in [6.07, 6.45) is -3.41. The van der Waals surface area contributed by atoms with Crippen molar-refractivity contribution in [1.29, 1.82) is 0 Å². The van der Waals surface area contributed by atoms with Crippen LogP contribution in [0.5, 0.6) is 0 Å². The van der Waals surface area contributed by atoms with Gasteiger partial charge in [0.05, 0.1) is 25.8 Å². The van der Waals surface area contributed by atoms with Crippen LogP contribution < -0.4 is 0 Å². The SMILES string of the molecule is C=NN(/C=C(\C)C(=O)OCC)CC(=O)N(Cc1ccc(-c2noc(C(F)(F)F)n2)cc1)OC. The van der Waals surface area contributed by atoms with Crippen LogP contribution in [0.4, 0.5) is 13.2 Å². The molecule has 2 aromatic rings. The van der Waals surface area contributed by atoms with Crippen LogP contribution >= 0.6 is 0 Å². The summed E-state index contributed by atoms with van der Waals surface area (Å²) in [5.74, 6) is -2.70. The number of hydrogen-bond donors (Lipinski definition) is 0. The Morgan fingerprint density at radius 1 is 1.27 bits per heavy atom. The number of ether oxygens (including phenoxy) is 1. The molecule has 178 valence electrons. The number of hydrazone groups is 1. The summed E-state index contributed by atoms with van der Waals surface area (Å²) in [6, 6.07) is 6.13. The molecule has 0 bridgehead atoms. The predicted molar refractivity (Wildman–Crippen MR) is 109 cm³/mol. The molecule has 13 heteroatoms. The number of nitrogens with zero attached hydrogens (tertiary/aromatic N) is 5. The van der Waals surface area contributed by atoms with Crippen molar-refractivity contribution in [3.8, 4) is 11.4 Å². The van der Waals surface area contributed by atoms with Gasteiger partial charge in [-0.1, -0.05) is 29.4 Å². The highest BCUT2D eigenvalue weighted by Gasteiger charge is 2.38. The van der Waals surface area contributed by atoms with Gasteiger partial charge in [-0.15, -0.1) is 0 Å². The van der Waals surface area contributed by atoms with Crippen molar-refractivity contribution in [3.05, 3.63) is 47.5 Å². The molecule has 1 aromatic heterocycles. The van der Waals surface area contributed by atoms with Gasteiger partial charge >= 0.3 is 18.0 Å². The molecule has 0 unspecified atom stereocenters. The summed E-state index contributed by atoms with van der Waals surface area (Å²) in [5, 5.41) is 9.23. The van der Waals surface area contributed by atoms with Crippen molar-refractivity contribution in [2.75, 3.05) is 20.3 Å². The molecule has 2 rings (SSSR count). The Morgan fingerprint density at radius 3 is 2.45 bits per heavy atom. The molecule has 0 fully saturated rings. The molecule has 0 N–H and O–H groups in total. The average molecular weight is 469 g/mol. The van der Waals surface area contributed by atoms with Crippen molar-refractivity contribution < 1.29 is 36.9 Å². The van der Waals surface area contributed by atoms with Crippen LogP contribution in [0.3, 0.4) is 0 Å². The molecule has 0 saturated heterocycles. The molecule has 0 saturated carbocycles. The fourth-order valence-electron chi connectivity index (χ4n) is 2.51. The van der Waals surface area contributed by atoms with E-state index in [1.54, 1.807) is 19.1 Å². The smallest absolute Gasteiger partial charge is 0.463 e. The molecular weight excluding hydrogens is 447 g/mol. The first-order valence-corrected chi connectivity index (χ1v) is 9.52. The molecule has 10 nitrogen and oxygen atoms in total. The first kappa shape index (κ1) is 25.5. The first-order chi connectivity index (χ1) is 15.6. The van der Waals surface area contributed by atoms with E-state index in [2.05, 4.69) is 26.5 Å². The van der Waals surface area contributed by atoms with E-state index in [0.29, 0.717) is 11.1 Å². The van der Waals surface area contributed by atoms with Crippen LogP contribution in [0.25, 0.3) is 11.4 Å². The van der Waals surface area contributed by atoms with Crippen molar-refractivity contribution >= 4 is 18.6 Å². The maximum Gasteiger partial charge on any atom is 0.471 e. The number of amides is 1. The third-order valence-corrected chi connectivity index (χ3v) is 4.12. The number of aromatic nitrogens is 2. The van der Waals surface area contributed by atoms with E-state index in [1.807, 2.05) is 0 Å². The summed E-state index contributed by atoms with van der Waals surface area (Å²) in [6.45, 7) is 6.52. The minimum absolute atomic E-state index is 0.0290. The maximum absolute atomic E-state index is 12.6. The van der Waals surface area contributed by atoms with Gasteiger partial charge in [-0.3, -0.25) is 14.6 Å². The summed E-state index contributed by atoms with van der Waals surface area (Å²) in [5.41, 5.74) is 1.14. The van der Waals surface area contributed by atoms with E-state index in [-0.39, 0.29) is 31.1 Å². The lowest BCUT2D eigenvalue weighted by atomic mass is 10.1. The zero-order chi connectivity index (χ0) is 24.6. The second kappa shape index (κ2) is 11.2. The number of alkyl halides is 3. The Morgan fingerprint density at radius 2 is 1.94 bits per heavy atom. The van der Waals surface area contributed by atoms with Crippen LogP contribution in [0.2, 0.25) is 0 Å². The number of benzene rings is 1. The predicted octanol–water partition coefficient (Wildman–Crippen LogP) is 3.03. The number of esters is 1. The van der Waals surface area contributed by atoms with Gasteiger partial charge in [0.1, 0.15) is 6.54 Å². The van der Waals surface area contributed by atoms with Gasteiger partial charge in [0, 0.05) is 18.5 Å². The zero-order valence-electron chi connectivity index (χ0n) is 18.1. The molecule has 0 spiro atoms. The Kier molecular flexibility index (Phi) is 8.68. The van der Waals surface area contributed by atoms with Crippen molar-refractivity contribution in [1.82, 2.24) is 20.2 Å². The van der Waals surface area contributed by atoms with E-state index >= 15 is 0 Å². The lowest BCUT2D eigenvalue weighted by Gasteiger charge is -2.22. The van der Waals surface area contributed by atoms with Crippen LogP contribution in [0, 0.1) is 0 Å². The Balaban J connectivity index is 2.05. The van der Waals surface area contributed by atoms with Gasteiger partial charge in [-0.2, -0.15) is 23.3 Å². The topological polar surface area (TPSA) is 110 Å². The van der Waals surface area contributed by atoms with Gasteiger partial charge in [0.2, 0.25) is 5.82 Å². The minimum Gasteiger partial charge on any atom is -0.463 e. The van der Waals surface area contributed by atoms with Crippen LogP contribution in [-0.2, 0) is 31.9 Å². The van der Waals surface area contributed by atoms with E-state index < -0.39 is 23.9 Å². The molecule has 33 heavy (non-hydrogen) atoms. The molecular formula is C20H22F3N5O5. The fraction of sp³-hybridized carbons (Fsp3) is 0.350. The molecule has 1 heterocycles. The average Bonchev–Trinajstić information content (AvgIpc) is 3.28. The molecule has 0 aliphatic heterocycles. The maximum atomic E-state index is 12.6. The Labute approximate surface area is 187 Å². The fourth-order valence-corrected chi connectivity index (χ4v) is 2.51. The van der Waals surface area contributed by atoms with Crippen molar-refractivity contribution in [3.63, 3.8) is 0 Å². The summed E-state index contributed by atoms with van der Waals surface area (Å²) < 4.78 is 46.9. The van der Waals surface area contributed by atoms with Crippen LogP contribution in [0.15, 0.2) is 45.7 Å². The quantitative estimate of drug-likeness (QED) is 0.226. The Hall–Kier alpha value is -3.74. The third kappa shape index (κ3) is 7.14. The number of carbonyl (C=O) groups excluding carboxylic acids is 2. The lowest BCUT2D eigenvalue weighted by Crippen LogP contribution is -2.36. The number of hydrogen-bond acceptors (Lipinski definition) is 9. The van der Waals surface area contributed by atoms with Gasteiger partial charge in [0.15, 0.2) is 0 Å². The van der Waals surface area contributed by atoms with Gasteiger partial charge in [-0.25, -0.2) is 9.86 Å². The molecule has 0 atom stereocenters. The second-order valence-electron chi connectivity index (χ2n) is 6.50. The summed E-state index contributed by atoms with van der Waals surface area (Å²) >= 11 is 0. The highest BCUT2D eigenvalue weighted by Crippen LogP contribution is 2.29. The number of hydroxylamine groups is 2. The number of carbonyl (C=O) groups is 2. The number of rotatable bonds is 10. The standard InChI is InChI=1S/C20H22F3N5O5/c1-5-32-18(30)13(2)10-27(24-3)12-16(29)28(31-4)11-14-6-8-15(9-7-14)17-25-19(33-26-17)20(21,22)23/h6-10H,3,5,11-12H2,1-2,4H3/b13-10+. The van der Waals surface area contributed by atoms with E-state index in [0.717, 1.165) is 10.1 Å². The molecule has 0 radical (unpaired) electrons. The highest BCUT2D eigenvalue weighted by atomic mass is 19.4. The second-order valence-corrected chi connectivity index (χ2v) is 6.50. The van der Waals surface area contributed by atoms with Crippen molar-refractivity contribution in [2.24, 2.45) is 5.10 Å². The zero-order valence-corrected chi connectivity index (χ0v) is 18.1. The van der Waals surface area contributed by atoms with E-state index in [4.69, 9.17) is 9.57 Å². The largest absolute Gasteiger partial charge is 0.471 e. The molecule has 0 aliphatic carbocycles. The third-order valence-electron chi connectivity index (χ3n) is 4.12. The van der Waals surface area contributed by atoms with Crippen molar-refractivity contribution in [2.45, 2.75) is 26.6 Å². The van der Waals surface area contributed by atoms with Gasteiger partial charge < -0.3 is 9.26 Å². The highest BCUT2D eigenvalue weighted by molar-refractivity contribution is 5.87. The molecule has 1 aromatic carbocycles. The Bertz CT molecular complexity index is 1000. The van der Waals surface area contributed by atoms with Crippen LogP contribution in [0.1, 0.15) is 25.3 Å². The normalized spacial score (nSPS) is 11.8. The summed E-state index contributed by atoms with van der Waals surface area (Å²) in [7, 11) is 1.30. The van der Waals surface area contributed by atoms with Gasteiger partial charge in [0.25, 0.3) is 5.91 Å². The first-order valence-electron chi connectivity index (χ1n) is 9.52. The summed E-state index contributed by atoms with van der Waals surface area (Å²) in [4.78, 5) is 32.8. The van der Waals surface area contributed by atoms with Crippen LogP contribution in [-0.4, -0.2) is 59.1 Å². The molecule has 1 amide bonds.